The third-order valence-corrected chi connectivity index (χ3v) is 5.27. The van der Waals surface area contributed by atoms with Crippen molar-refractivity contribution in [3.63, 3.8) is 0 Å². The lowest BCUT2D eigenvalue weighted by Crippen LogP contribution is -2.29. The molecule has 0 saturated heterocycles. The van der Waals surface area contributed by atoms with Crippen molar-refractivity contribution in [1.29, 1.82) is 0 Å². The molecule has 0 N–H and O–H groups in total. The summed E-state index contributed by atoms with van der Waals surface area (Å²) in [5.41, 5.74) is 9.80. The average Bonchev–Trinajstić information content (AvgIpc) is 3.11. The third kappa shape index (κ3) is 3.24. The van der Waals surface area contributed by atoms with Crippen molar-refractivity contribution in [2.24, 2.45) is 0 Å². The number of nitrogens with zero attached hydrogens (tertiary/aromatic N) is 3. The monoisotopic (exact) mass is 368 g/mol. The molecule has 28 heavy (non-hydrogen) atoms. The molecule has 0 amide bonds. The maximum atomic E-state index is 4.95. The van der Waals surface area contributed by atoms with Crippen LogP contribution in [0.15, 0.2) is 67.3 Å². The number of aryl methyl sites for hydroxylation is 5. The third-order valence-electron chi connectivity index (χ3n) is 5.27. The predicted molar refractivity (Wildman–Crippen MR) is 114 cm³/mol. The van der Waals surface area contributed by atoms with Crippen LogP contribution in [0.3, 0.4) is 0 Å². The molecule has 4 rings (SSSR count). The second kappa shape index (κ2) is 7.08. The van der Waals surface area contributed by atoms with Crippen molar-refractivity contribution >= 4 is 0 Å². The number of rotatable bonds is 3. The summed E-state index contributed by atoms with van der Waals surface area (Å²) in [6, 6.07) is 17.1. The zero-order valence-electron chi connectivity index (χ0n) is 17.2. The van der Waals surface area contributed by atoms with Crippen LogP contribution >= 0.6 is 0 Å². The number of hydrogen-bond donors (Lipinski definition) is 0. The summed E-state index contributed by atoms with van der Waals surface area (Å²) in [5, 5.41) is 0. The van der Waals surface area contributed by atoms with Crippen LogP contribution in [-0.4, -0.2) is 9.55 Å². The van der Waals surface area contributed by atoms with Gasteiger partial charge in [0.2, 0.25) is 0 Å². The molecule has 4 aromatic rings. The van der Waals surface area contributed by atoms with E-state index in [4.69, 9.17) is 4.98 Å². The predicted octanol–water partition coefficient (Wildman–Crippen LogP) is 5.36. The van der Waals surface area contributed by atoms with Gasteiger partial charge in [-0.3, -0.25) is 0 Å². The summed E-state index contributed by atoms with van der Waals surface area (Å²) in [7, 11) is 0. The molecule has 0 bridgehead atoms. The van der Waals surface area contributed by atoms with E-state index in [1.54, 1.807) is 0 Å². The van der Waals surface area contributed by atoms with Gasteiger partial charge >= 0.3 is 0 Å². The van der Waals surface area contributed by atoms with Crippen molar-refractivity contribution in [2.75, 3.05) is 0 Å². The van der Waals surface area contributed by atoms with Crippen LogP contribution < -0.4 is 4.57 Å². The first kappa shape index (κ1) is 18.2. The molecule has 0 unspecified atom stereocenters. The molecule has 0 spiro atoms. The van der Waals surface area contributed by atoms with Crippen LogP contribution in [0.5, 0.6) is 0 Å². The van der Waals surface area contributed by atoms with Gasteiger partial charge in [0.05, 0.1) is 6.20 Å². The first-order valence-corrected chi connectivity index (χ1v) is 9.65. The van der Waals surface area contributed by atoms with Crippen LogP contribution in [-0.2, 0) is 0 Å². The Bertz CT molecular complexity index is 1120. The molecule has 0 fully saturated rings. The van der Waals surface area contributed by atoms with Gasteiger partial charge in [-0.2, -0.15) is 0 Å². The molecule has 0 aliphatic heterocycles. The molecule has 0 atom stereocenters. The number of benzene rings is 2. The largest absolute Gasteiger partial charge is 0.267 e. The fourth-order valence-electron chi connectivity index (χ4n) is 4.13. The minimum absolute atomic E-state index is 0.918. The molecule has 3 heteroatoms. The number of pyridine rings is 1. The Morgan fingerprint density at radius 1 is 0.786 bits per heavy atom. The number of hydrogen-bond acceptors (Lipinski definition) is 1. The lowest BCUT2D eigenvalue weighted by Gasteiger charge is -2.08. The van der Waals surface area contributed by atoms with E-state index < -0.39 is 0 Å². The van der Waals surface area contributed by atoms with Gasteiger partial charge in [0.25, 0.3) is 5.82 Å². The highest BCUT2D eigenvalue weighted by Crippen LogP contribution is 2.25. The molecule has 2 aromatic heterocycles. The topological polar surface area (TPSA) is 21.7 Å². The number of aromatic nitrogens is 3. The Labute approximate surface area is 166 Å². The lowest BCUT2D eigenvalue weighted by molar-refractivity contribution is -0.598. The maximum absolute atomic E-state index is 4.95. The van der Waals surface area contributed by atoms with E-state index in [9.17, 15) is 0 Å². The summed E-state index contributed by atoms with van der Waals surface area (Å²) in [4.78, 5) is 4.95. The lowest BCUT2D eigenvalue weighted by atomic mass is 10.00. The molecule has 0 aliphatic carbocycles. The van der Waals surface area contributed by atoms with Gasteiger partial charge in [-0.05, 0) is 62.9 Å². The van der Waals surface area contributed by atoms with Crippen LogP contribution in [0.1, 0.15) is 27.8 Å². The second-order valence-corrected chi connectivity index (χ2v) is 7.62. The molecule has 0 radical (unpaired) electrons. The minimum Gasteiger partial charge on any atom is -0.236 e. The summed E-state index contributed by atoms with van der Waals surface area (Å²) in [5.74, 6) is 0.918. The zero-order chi connectivity index (χ0) is 19.8. The van der Waals surface area contributed by atoms with E-state index in [0.717, 1.165) is 11.5 Å². The molecule has 3 nitrogen and oxygen atoms in total. The summed E-state index contributed by atoms with van der Waals surface area (Å²) in [6.45, 7) is 10.8. The average molecular weight is 369 g/mol. The SMILES string of the molecule is Cc1cc(C)c(-n2cc[n+](-c3cccc(-c4c(C)cccc4C)n3)c2)c(C)c1. The first-order chi connectivity index (χ1) is 13.4. The van der Waals surface area contributed by atoms with E-state index in [1.165, 1.54) is 39.1 Å². The van der Waals surface area contributed by atoms with Crippen LogP contribution in [0.4, 0.5) is 0 Å². The van der Waals surface area contributed by atoms with Crippen molar-refractivity contribution in [1.82, 2.24) is 9.55 Å². The van der Waals surface area contributed by atoms with E-state index in [-0.39, 0.29) is 0 Å². The van der Waals surface area contributed by atoms with E-state index in [2.05, 4.69) is 111 Å². The fraction of sp³-hybridized carbons (Fsp3) is 0.200. The maximum Gasteiger partial charge on any atom is 0.267 e. The standard InChI is InChI=1S/C25H26N3/c1-17-14-20(4)25(21(5)15-17)28-13-12-27(16-28)23-11-7-10-22(26-23)24-18(2)8-6-9-19(24)3/h6-16H,1-5H3/q+1. The van der Waals surface area contributed by atoms with Gasteiger partial charge in [-0.25, -0.2) is 9.13 Å². The van der Waals surface area contributed by atoms with Gasteiger partial charge in [-0.1, -0.05) is 42.0 Å². The van der Waals surface area contributed by atoms with Crippen molar-refractivity contribution in [3.05, 3.63) is 95.1 Å². The van der Waals surface area contributed by atoms with Gasteiger partial charge in [0.15, 0.2) is 6.33 Å². The Kier molecular flexibility index (Phi) is 4.60. The normalized spacial score (nSPS) is 11.0. The van der Waals surface area contributed by atoms with Gasteiger partial charge in [0, 0.05) is 11.6 Å². The Hall–Kier alpha value is -3.20. The molecule has 2 aromatic carbocycles. The summed E-state index contributed by atoms with van der Waals surface area (Å²) < 4.78 is 4.26. The van der Waals surface area contributed by atoms with Gasteiger partial charge < -0.3 is 0 Å². The molecule has 140 valence electrons. The summed E-state index contributed by atoms with van der Waals surface area (Å²) >= 11 is 0. The molecule has 0 saturated carbocycles. The number of imidazole rings is 1. The highest BCUT2D eigenvalue weighted by atomic mass is 15.2. The summed E-state index contributed by atoms with van der Waals surface area (Å²) in [6.07, 6.45) is 6.26. The van der Waals surface area contributed by atoms with Crippen LogP contribution in [0, 0.1) is 34.6 Å². The van der Waals surface area contributed by atoms with Crippen molar-refractivity contribution in [3.8, 4) is 22.8 Å². The second-order valence-electron chi connectivity index (χ2n) is 7.62. The smallest absolute Gasteiger partial charge is 0.236 e. The highest BCUT2D eigenvalue weighted by molar-refractivity contribution is 5.67. The molecule has 0 aliphatic rings. The van der Waals surface area contributed by atoms with Crippen LogP contribution in [0.2, 0.25) is 0 Å². The van der Waals surface area contributed by atoms with Crippen molar-refractivity contribution in [2.45, 2.75) is 34.6 Å². The van der Waals surface area contributed by atoms with E-state index in [0.29, 0.717) is 0 Å². The quantitative estimate of drug-likeness (QED) is 0.446. The van der Waals surface area contributed by atoms with Gasteiger partial charge in [0.1, 0.15) is 17.6 Å². The molecular weight excluding hydrogens is 342 g/mol. The first-order valence-electron chi connectivity index (χ1n) is 9.65. The van der Waals surface area contributed by atoms with E-state index in [1.807, 2.05) is 0 Å². The highest BCUT2D eigenvalue weighted by Gasteiger charge is 2.15. The Balaban J connectivity index is 1.77. The van der Waals surface area contributed by atoms with E-state index >= 15 is 0 Å². The molecular formula is C25H26N3+. The minimum atomic E-state index is 0.918. The Morgan fingerprint density at radius 3 is 2.11 bits per heavy atom. The Morgan fingerprint density at radius 2 is 1.43 bits per heavy atom. The molecule has 2 heterocycles. The van der Waals surface area contributed by atoms with Crippen LogP contribution in [0.25, 0.3) is 22.8 Å². The fourth-order valence-corrected chi connectivity index (χ4v) is 4.13. The zero-order valence-corrected chi connectivity index (χ0v) is 17.2. The van der Waals surface area contributed by atoms with Crippen molar-refractivity contribution < 1.29 is 4.57 Å². The van der Waals surface area contributed by atoms with Gasteiger partial charge in [-0.15, -0.1) is 4.98 Å².